The van der Waals surface area contributed by atoms with Gasteiger partial charge in [-0.3, -0.25) is 9.20 Å². The molecule has 1 saturated heterocycles. The molecule has 0 bridgehead atoms. The summed E-state index contributed by atoms with van der Waals surface area (Å²) in [6.45, 7) is 5.64. The summed E-state index contributed by atoms with van der Waals surface area (Å²) in [6, 6.07) is 12.9. The highest BCUT2D eigenvalue weighted by atomic mass is 32.1. The Kier molecular flexibility index (Phi) is 4.18. The van der Waals surface area contributed by atoms with Gasteiger partial charge in [-0.25, -0.2) is 4.98 Å². The average molecular weight is 418 g/mol. The predicted octanol–water partition coefficient (Wildman–Crippen LogP) is 3.87. The second-order valence-electron chi connectivity index (χ2n) is 8.42. The number of thiazole rings is 1. The summed E-state index contributed by atoms with van der Waals surface area (Å²) in [5.74, 6) is 2.03. The van der Waals surface area contributed by atoms with E-state index >= 15 is 0 Å². The van der Waals surface area contributed by atoms with Crippen LogP contribution in [0.5, 0.6) is 5.75 Å². The van der Waals surface area contributed by atoms with Gasteiger partial charge in [0, 0.05) is 59.9 Å². The van der Waals surface area contributed by atoms with Gasteiger partial charge in [-0.15, -0.1) is 11.3 Å². The first-order valence-electron chi connectivity index (χ1n) is 10.5. The van der Waals surface area contributed by atoms with Crippen LogP contribution < -0.4 is 10.3 Å². The molecule has 0 N–H and O–H groups in total. The van der Waals surface area contributed by atoms with Crippen molar-refractivity contribution in [2.45, 2.75) is 19.3 Å². The molecule has 6 rings (SSSR count). The predicted molar refractivity (Wildman–Crippen MR) is 120 cm³/mol. The van der Waals surface area contributed by atoms with Gasteiger partial charge in [0.2, 0.25) is 0 Å². The van der Waals surface area contributed by atoms with Gasteiger partial charge in [0.15, 0.2) is 4.96 Å². The summed E-state index contributed by atoms with van der Waals surface area (Å²) < 4.78 is 7.82. The van der Waals surface area contributed by atoms with Crippen LogP contribution in [-0.4, -0.2) is 40.5 Å². The Balaban J connectivity index is 1.27. The normalized spacial score (nSPS) is 21.0. The second-order valence-corrected chi connectivity index (χ2v) is 9.30. The molecule has 0 saturated carbocycles. The lowest BCUT2D eigenvalue weighted by atomic mass is 9.84. The van der Waals surface area contributed by atoms with E-state index in [1.807, 2.05) is 18.5 Å². The zero-order valence-electron chi connectivity index (χ0n) is 16.9. The third kappa shape index (κ3) is 2.78. The summed E-state index contributed by atoms with van der Waals surface area (Å²) in [4.78, 5) is 20.8. The van der Waals surface area contributed by atoms with Crippen LogP contribution in [0.4, 0.5) is 0 Å². The average Bonchev–Trinajstić information content (AvgIpc) is 3.39. The summed E-state index contributed by atoms with van der Waals surface area (Å²) in [5, 5.41) is 4.50. The van der Waals surface area contributed by atoms with E-state index in [0.717, 1.165) is 54.6 Å². The number of benzene rings is 2. The van der Waals surface area contributed by atoms with Crippen molar-refractivity contribution in [3.05, 3.63) is 75.1 Å². The van der Waals surface area contributed by atoms with Crippen molar-refractivity contribution >= 4 is 27.1 Å². The maximum absolute atomic E-state index is 12.9. The Labute approximate surface area is 178 Å². The molecule has 2 aromatic carbocycles. The summed E-state index contributed by atoms with van der Waals surface area (Å²) >= 11 is 1.50. The highest BCUT2D eigenvalue weighted by Crippen LogP contribution is 2.45. The number of hydrogen-bond acceptors (Lipinski definition) is 5. The van der Waals surface area contributed by atoms with E-state index in [4.69, 9.17) is 4.74 Å². The van der Waals surface area contributed by atoms with Crippen LogP contribution >= 0.6 is 11.3 Å². The van der Waals surface area contributed by atoms with Crippen molar-refractivity contribution in [3.63, 3.8) is 0 Å². The molecule has 2 aliphatic heterocycles. The van der Waals surface area contributed by atoms with Crippen molar-refractivity contribution in [3.8, 4) is 5.75 Å². The fraction of sp³-hybridized carbons (Fsp3) is 0.333. The van der Waals surface area contributed by atoms with Gasteiger partial charge in [0.1, 0.15) is 5.75 Å². The molecule has 4 heterocycles. The molecule has 6 heteroatoms. The van der Waals surface area contributed by atoms with Gasteiger partial charge in [0.25, 0.3) is 5.56 Å². The number of nitrogens with zero attached hydrogens (tertiary/aromatic N) is 3. The van der Waals surface area contributed by atoms with Gasteiger partial charge in [-0.1, -0.05) is 30.3 Å². The summed E-state index contributed by atoms with van der Waals surface area (Å²) in [7, 11) is 0. The van der Waals surface area contributed by atoms with Gasteiger partial charge in [-0.2, -0.15) is 0 Å². The Bertz CT molecular complexity index is 1330. The number of rotatable bonds is 3. The highest BCUT2D eigenvalue weighted by Gasteiger charge is 2.39. The smallest absolute Gasteiger partial charge is 0.261 e. The maximum atomic E-state index is 12.9. The minimum Gasteiger partial charge on any atom is -0.493 e. The van der Waals surface area contributed by atoms with Gasteiger partial charge in [0.05, 0.1) is 6.61 Å². The Hall–Kier alpha value is -2.70. The SMILES string of the molecule is Cc1nc2sccn2c(=O)c1CCN1C[C@@H]2COc3ccc4ccccc4c3[C@@H]2C1. The van der Waals surface area contributed by atoms with E-state index in [-0.39, 0.29) is 5.56 Å². The van der Waals surface area contributed by atoms with E-state index in [9.17, 15) is 4.79 Å². The number of ether oxygens (including phenoxy) is 1. The minimum absolute atomic E-state index is 0.0787. The molecule has 5 nitrogen and oxygen atoms in total. The zero-order valence-corrected chi connectivity index (χ0v) is 17.7. The lowest BCUT2D eigenvalue weighted by molar-refractivity contribution is 0.214. The van der Waals surface area contributed by atoms with E-state index in [0.29, 0.717) is 11.8 Å². The number of likely N-dealkylation sites (tertiary alicyclic amines) is 1. The standard InChI is InChI=1S/C24H23N3O2S/c1-15-18(23(28)27-10-11-30-24(27)25-15)8-9-26-12-17-14-29-21-7-6-16-4-2-3-5-19(16)22(21)20(17)13-26/h2-7,10-11,17,20H,8-9,12-14H2,1H3/t17-,20-/m1/s1. The fourth-order valence-corrected chi connectivity index (χ4v) is 5.95. The summed E-state index contributed by atoms with van der Waals surface area (Å²) in [6.07, 6.45) is 2.56. The monoisotopic (exact) mass is 417 g/mol. The van der Waals surface area contributed by atoms with E-state index in [1.54, 1.807) is 4.40 Å². The molecule has 4 aromatic rings. The molecule has 2 aliphatic rings. The van der Waals surface area contributed by atoms with Crippen LogP contribution in [0.1, 0.15) is 22.7 Å². The highest BCUT2D eigenvalue weighted by molar-refractivity contribution is 7.15. The molecule has 0 spiro atoms. The van der Waals surface area contributed by atoms with Crippen molar-refractivity contribution in [1.82, 2.24) is 14.3 Å². The summed E-state index contributed by atoms with van der Waals surface area (Å²) in [5.41, 5.74) is 3.14. The molecular formula is C24H23N3O2S. The third-order valence-corrected chi connectivity index (χ3v) is 7.47. The number of hydrogen-bond donors (Lipinski definition) is 0. The second kappa shape index (κ2) is 6.93. The number of fused-ring (bicyclic) bond motifs is 6. The van der Waals surface area contributed by atoms with Crippen molar-refractivity contribution in [1.29, 1.82) is 0 Å². The minimum atomic E-state index is 0.0787. The van der Waals surface area contributed by atoms with Crippen LogP contribution in [0.25, 0.3) is 15.7 Å². The topological polar surface area (TPSA) is 46.8 Å². The van der Waals surface area contributed by atoms with Crippen LogP contribution in [0.15, 0.2) is 52.8 Å². The molecular weight excluding hydrogens is 394 g/mol. The molecule has 0 unspecified atom stereocenters. The Morgan fingerprint density at radius 3 is 3.03 bits per heavy atom. The van der Waals surface area contributed by atoms with Crippen molar-refractivity contribution in [2.75, 3.05) is 26.2 Å². The van der Waals surface area contributed by atoms with Gasteiger partial charge < -0.3 is 9.64 Å². The van der Waals surface area contributed by atoms with Gasteiger partial charge >= 0.3 is 0 Å². The fourth-order valence-electron chi connectivity index (χ4n) is 5.20. The van der Waals surface area contributed by atoms with Crippen LogP contribution in [0, 0.1) is 12.8 Å². The van der Waals surface area contributed by atoms with E-state index < -0.39 is 0 Å². The molecule has 2 aromatic heterocycles. The number of aromatic nitrogens is 2. The zero-order chi connectivity index (χ0) is 20.2. The Morgan fingerprint density at radius 1 is 1.20 bits per heavy atom. The van der Waals surface area contributed by atoms with Crippen LogP contribution in [-0.2, 0) is 6.42 Å². The quantitative estimate of drug-likeness (QED) is 0.508. The van der Waals surface area contributed by atoms with Crippen LogP contribution in [0.3, 0.4) is 0 Å². The first kappa shape index (κ1) is 18.1. The molecule has 0 amide bonds. The molecule has 0 aliphatic carbocycles. The van der Waals surface area contributed by atoms with E-state index in [1.165, 1.54) is 27.7 Å². The Morgan fingerprint density at radius 2 is 2.10 bits per heavy atom. The molecule has 1 fully saturated rings. The molecule has 30 heavy (non-hydrogen) atoms. The lowest BCUT2D eigenvalue weighted by Crippen LogP contribution is -2.28. The van der Waals surface area contributed by atoms with Crippen molar-refractivity contribution < 1.29 is 4.74 Å². The largest absolute Gasteiger partial charge is 0.493 e. The molecule has 0 radical (unpaired) electrons. The number of aryl methyl sites for hydroxylation is 1. The van der Waals surface area contributed by atoms with Crippen molar-refractivity contribution in [2.24, 2.45) is 5.92 Å². The van der Waals surface area contributed by atoms with Gasteiger partial charge in [-0.05, 0) is 30.2 Å². The van der Waals surface area contributed by atoms with E-state index in [2.05, 4.69) is 46.3 Å². The molecule has 152 valence electrons. The first-order chi connectivity index (χ1) is 14.7. The maximum Gasteiger partial charge on any atom is 0.261 e. The molecule has 2 atom stereocenters. The van der Waals surface area contributed by atoms with Crippen LogP contribution in [0.2, 0.25) is 0 Å². The third-order valence-electron chi connectivity index (χ3n) is 6.72. The lowest BCUT2D eigenvalue weighted by Gasteiger charge is -2.29. The first-order valence-corrected chi connectivity index (χ1v) is 11.4.